The van der Waals surface area contributed by atoms with E-state index in [-0.39, 0.29) is 5.91 Å². The van der Waals surface area contributed by atoms with Gasteiger partial charge in [0.05, 0.1) is 6.61 Å². The Hall–Kier alpha value is -2.03. The third-order valence-electron chi connectivity index (χ3n) is 2.19. The maximum absolute atomic E-state index is 12.0. The summed E-state index contributed by atoms with van der Waals surface area (Å²) in [7, 11) is 0. The fourth-order valence-corrected chi connectivity index (χ4v) is 1.30. The standard InChI is InChI=1S/C14H17NO2/c1-4-11(3)13(17-5-2)14(16)15-12-9-7-6-8-10-12/h4,6-10H,1,5H2,2-3H3,(H,15,16)/b13-11+. The molecule has 1 aromatic carbocycles. The van der Waals surface area contributed by atoms with Crippen LogP contribution in [0.25, 0.3) is 0 Å². The fraction of sp³-hybridized carbons (Fsp3) is 0.214. The smallest absolute Gasteiger partial charge is 0.291 e. The summed E-state index contributed by atoms with van der Waals surface area (Å²) in [6.45, 7) is 7.72. The monoisotopic (exact) mass is 231 g/mol. The van der Waals surface area contributed by atoms with Crippen LogP contribution in [0.3, 0.4) is 0 Å². The Kier molecular flexibility index (Phi) is 5.01. The number of hydrogen-bond acceptors (Lipinski definition) is 2. The van der Waals surface area contributed by atoms with E-state index in [1.807, 2.05) is 37.3 Å². The molecule has 0 atom stereocenters. The van der Waals surface area contributed by atoms with Crippen molar-refractivity contribution in [2.45, 2.75) is 13.8 Å². The highest BCUT2D eigenvalue weighted by Crippen LogP contribution is 2.12. The van der Waals surface area contributed by atoms with Crippen LogP contribution in [0.5, 0.6) is 0 Å². The van der Waals surface area contributed by atoms with Crippen molar-refractivity contribution in [2.75, 3.05) is 11.9 Å². The fourth-order valence-electron chi connectivity index (χ4n) is 1.30. The van der Waals surface area contributed by atoms with Crippen molar-refractivity contribution < 1.29 is 9.53 Å². The molecule has 0 saturated heterocycles. The molecule has 0 saturated carbocycles. The molecule has 90 valence electrons. The summed E-state index contributed by atoms with van der Waals surface area (Å²) in [5, 5.41) is 2.77. The molecule has 3 nitrogen and oxygen atoms in total. The van der Waals surface area contributed by atoms with Gasteiger partial charge in [0, 0.05) is 5.69 Å². The van der Waals surface area contributed by atoms with Crippen LogP contribution in [-0.2, 0) is 9.53 Å². The highest BCUT2D eigenvalue weighted by molar-refractivity contribution is 6.02. The summed E-state index contributed by atoms with van der Waals surface area (Å²) in [6, 6.07) is 9.26. The Morgan fingerprint density at radius 1 is 1.41 bits per heavy atom. The summed E-state index contributed by atoms with van der Waals surface area (Å²) in [5.41, 5.74) is 1.46. The van der Waals surface area contributed by atoms with E-state index < -0.39 is 0 Å². The molecule has 0 aliphatic rings. The van der Waals surface area contributed by atoms with Crippen LogP contribution >= 0.6 is 0 Å². The van der Waals surface area contributed by atoms with Gasteiger partial charge in [0.2, 0.25) is 0 Å². The third-order valence-corrected chi connectivity index (χ3v) is 2.19. The lowest BCUT2D eigenvalue weighted by atomic mass is 10.2. The molecule has 0 heterocycles. The van der Waals surface area contributed by atoms with Gasteiger partial charge < -0.3 is 10.1 Å². The number of carbonyl (C=O) groups excluding carboxylic acids is 1. The summed E-state index contributed by atoms with van der Waals surface area (Å²) >= 11 is 0. The van der Waals surface area contributed by atoms with Gasteiger partial charge in [-0.25, -0.2) is 0 Å². The normalized spacial score (nSPS) is 11.4. The van der Waals surface area contributed by atoms with E-state index in [1.54, 1.807) is 13.0 Å². The van der Waals surface area contributed by atoms with Crippen molar-refractivity contribution in [2.24, 2.45) is 0 Å². The van der Waals surface area contributed by atoms with E-state index in [1.165, 1.54) is 0 Å². The quantitative estimate of drug-likeness (QED) is 0.480. The number of para-hydroxylation sites is 1. The van der Waals surface area contributed by atoms with Gasteiger partial charge in [0.1, 0.15) is 0 Å². The predicted octanol–water partition coefficient (Wildman–Crippen LogP) is 3.12. The van der Waals surface area contributed by atoms with Gasteiger partial charge in [0.15, 0.2) is 5.76 Å². The lowest BCUT2D eigenvalue weighted by Gasteiger charge is -2.11. The van der Waals surface area contributed by atoms with Crippen molar-refractivity contribution in [3.8, 4) is 0 Å². The molecule has 1 aromatic rings. The molecular formula is C14H17NO2. The Morgan fingerprint density at radius 3 is 2.59 bits per heavy atom. The highest BCUT2D eigenvalue weighted by Gasteiger charge is 2.12. The van der Waals surface area contributed by atoms with Crippen molar-refractivity contribution in [1.29, 1.82) is 0 Å². The SMILES string of the molecule is C=C/C(C)=C(/OCC)C(=O)Nc1ccccc1. The second-order valence-corrected chi connectivity index (χ2v) is 3.47. The molecule has 0 radical (unpaired) electrons. The number of benzene rings is 1. The minimum atomic E-state index is -0.254. The molecule has 1 amide bonds. The van der Waals surface area contributed by atoms with E-state index in [2.05, 4.69) is 11.9 Å². The molecule has 0 aliphatic carbocycles. The number of nitrogens with one attached hydrogen (secondary N) is 1. The van der Waals surface area contributed by atoms with Crippen LogP contribution < -0.4 is 5.32 Å². The number of rotatable bonds is 5. The Balaban J connectivity index is 2.84. The Morgan fingerprint density at radius 2 is 2.06 bits per heavy atom. The molecule has 0 aliphatic heterocycles. The Bertz CT molecular complexity index is 421. The lowest BCUT2D eigenvalue weighted by Crippen LogP contribution is -2.17. The van der Waals surface area contributed by atoms with Gasteiger partial charge in [-0.1, -0.05) is 30.9 Å². The molecule has 3 heteroatoms. The second kappa shape index (κ2) is 6.53. The molecule has 1 rings (SSSR count). The van der Waals surface area contributed by atoms with Gasteiger partial charge in [-0.2, -0.15) is 0 Å². The number of allylic oxidation sites excluding steroid dienone is 2. The first-order valence-electron chi connectivity index (χ1n) is 5.51. The van der Waals surface area contributed by atoms with E-state index in [0.717, 1.165) is 11.3 Å². The van der Waals surface area contributed by atoms with Crippen molar-refractivity contribution in [3.63, 3.8) is 0 Å². The molecule has 0 bridgehead atoms. The highest BCUT2D eigenvalue weighted by atomic mass is 16.5. The summed E-state index contributed by atoms with van der Waals surface area (Å²) in [5.74, 6) is 0.0572. The lowest BCUT2D eigenvalue weighted by molar-refractivity contribution is -0.116. The van der Waals surface area contributed by atoms with Gasteiger partial charge in [0.25, 0.3) is 5.91 Å². The number of carbonyl (C=O) groups is 1. The minimum Gasteiger partial charge on any atom is -0.488 e. The maximum atomic E-state index is 12.0. The van der Waals surface area contributed by atoms with Crippen molar-refractivity contribution >= 4 is 11.6 Å². The molecule has 0 spiro atoms. The maximum Gasteiger partial charge on any atom is 0.291 e. The topological polar surface area (TPSA) is 38.3 Å². The van der Waals surface area contributed by atoms with Crippen LogP contribution in [0.2, 0.25) is 0 Å². The Labute approximate surface area is 102 Å². The van der Waals surface area contributed by atoms with Gasteiger partial charge in [-0.05, 0) is 31.6 Å². The summed E-state index contributed by atoms with van der Waals surface area (Å²) in [6.07, 6.45) is 1.61. The zero-order chi connectivity index (χ0) is 12.7. The molecule has 0 unspecified atom stereocenters. The number of ether oxygens (including phenoxy) is 1. The van der Waals surface area contributed by atoms with Gasteiger partial charge in [-0.15, -0.1) is 0 Å². The first kappa shape index (κ1) is 13.0. The largest absolute Gasteiger partial charge is 0.488 e. The predicted molar refractivity (Wildman–Crippen MR) is 69.6 cm³/mol. The van der Waals surface area contributed by atoms with E-state index in [9.17, 15) is 4.79 Å². The number of hydrogen-bond donors (Lipinski definition) is 1. The van der Waals surface area contributed by atoms with Crippen LogP contribution in [-0.4, -0.2) is 12.5 Å². The van der Waals surface area contributed by atoms with E-state index >= 15 is 0 Å². The third kappa shape index (κ3) is 3.79. The van der Waals surface area contributed by atoms with Crippen LogP contribution in [0.15, 0.2) is 54.3 Å². The van der Waals surface area contributed by atoms with Crippen molar-refractivity contribution in [1.82, 2.24) is 0 Å². The number of anilines is 1. The van der Waals surface area contributed by atoms with Crippen LogP contribution in [0, 0.1) is 0 Å². The second-order valence-electron chi connectivity index (χ2n) is 3.47. The van der Waals surface area contributed by atoms with E-state index in [4.69, 9.17) is 4.74 Å². The molecule has 1 N–H and O–H groups in total. The zero-order valence-electron chi connectivity index (χ0n) is 10.2. The van der Waals surface area contributed by atoms with E-state index in [0.29, 0.717) is 12.4 Å². The molecule has 0 aromatic heterocycles. The first-order chi connectivity index (χ1) is 8.19. The number of amides is 1. The molecular weight excluding hydrogens is 214 g/mol. The first-order valence-corrected chi connectivity index (χ1v) is 5.51. The molecule has 17 heavy (non-hydrogen) atoms. The summed E-state index contributed by atoms with van der Waals surface area (Å²) in [4.78, 5) is 12.0. The minimum absolute atomic E-state index is 0.254. The zero-order valence-corrected chi connectivity index (χ0v) is 10.2. The van der Waals surface area contributed by atoms with Crippen molar-refractivity contribution in [3.05, 3.63) is 54.3 Å². The van der Waals surface area contributed by atoms with Gasteiger partial charge >= 0.3 is 0 Å². The van der Waals surface area contributed by atoms with Crippen LogP contribution in [0.1, 0.15) is 13.8 Å². The van der Waals surface area contributed by atoms with Crippen LogP contribution in [0.4, 0.5) is 5.69 Å². The summed E-state index contributed by atoms with van der Waals surface area (Å²) < 4.78 is 5.32. The molecule has 0 fully saturated rings. The average Bonchev–Trinajstić information content (AvgIpc) is 2.36. The average molecular weight is 231 g/mol. The van der Waals surface area contributed by atoms with Gasteiger partial charge in [-0.3, -0.25) is 4.79 Å².